The summed E-state index contributed by atoms with van der Waals surface area (Å²) < 4.78 is 0. The van der Waals surface area contributed by atoms with Crippen LogP contribution in [0.15, 0.2) is 48.5 Å². The molecular weight excluding hydrogens is 439 g/mol. The van der Waals surface area contributed by atoms with E-state index >= 15 is 0 Å². The van der Waals surface area contributed by atoms with E-state index in [0.717, 1.165) is 12.0 Å². The average Bonchev–Trinajstić information content (AvgIpc) is 3.52. The van der Waals surface area contributed by atoms with Gasteiger partial charge in [-0.05, 0) is 24.1 Å². The van der Waals surface area contributed by atoms with E-state index in [0.29, 0.717) is 23.8 Å². The molecule has 0 spiro atoms. The number of anilines is 1. The number of fused-ring (bicyclic) bond motifs is 1. The van der Waals surface area contributed by atoms with Gasteiger partial charge in [0.2, 0.25) is 0 Å². The number of benzene rings is 2. The molecule has 1 saturated carbocycles. The number of nitrogens with one attached hydrogen (secondary N) is 1. The van der Waals surface area contributed by atoms with Crippen molar-refractivity contribution in [3.63, 3.8) is 0 Å². The van der Waals surface area contributed by atoms with Crippen molar-refractivity contribution in [2.24, 2.45) is 0 Å². The zero-order valence-corrected chi connectivity index (χ0v) is 18.0. The quantitative estimate of drug-likeness (QED) is 0.705. The third kappa shape index (κ3) is 3.51. The molecule has 2 aromatic rings. The zero-order valence-electron chi connectivity index (χ0n) is 16.5. The van der Waals surface area contributed by atoms with E-state index < -0.39 is 6.04 Å². The summed E-state index contributed by atoms with van der Waals surface area (Å²) in [7, 11) is 0. The second-order valence-corrected chi connectivity index (χ2v) is 8.78. The predicted molar refractivity (Wildman–Crippen MR) is 117 cm³/mol. The summed E-state index contributed by atoms with van der Waals surface area (Å²) in [5.41, 5.74) is 1.54. The maximum absolute atomic E-state index is 13.1. The van der Waals surface area contributed by atoms with E-state index in [1.165, 1.54) is 9.80 Å². The van der Waals surface area contributed by atoms with Gasteiger partial charge in [-0.2, -0.15) is 0 Å². The highest BCUT2D eigenvalue weighted by molar-refractivity contribution is 6.43. The molecule has 160 valence electrons. The topological polar surface area (TPSA) is 73.0 Å². The molecule has 0 radical (unpaired) electrons. The fourth-order valence-corrected chi connectivity index (χ4v) is 4.77. The van der Waals surface area contributed by atoms with Crippen LogP contribution in [0.25, 0.3) is 0 Å². The Morgan fingerprint density at radius 1 is 1.00 bits per heavy atom. The number of urea groups is 2. The van der Waals surface area contributed by atoms with Gasteiger partial charge in [0, 0.05) is 25.0 Å². The van der Waals surface area contributed by atoms with Gasteiger partial charge in [0.1, 0.15) is 6.04 Å². The van der Waals surface area contributed by atoms with Crippen LogP contribution in [0.1, 0.15) is 17.9 Å². The first kappa shape index (κ1) is 20.2. The van der Waals surface area contributed by atoms with Crippen molar-refractivity contribution >= 4 is 46.9 Å². The average molecular weight is 459 g/mol. The monoisotopic (exact) mass is 458 g/mol. The Kier molecular flexibility index (Phi) is 5.02. The van der Waals surface area contributed by atoms with Gasteiger partial charge in [-0.1, -0.05) is 59.6 Å². The van der Waals surface area contributed by atoms with Gasteiger partial charge in [-0.15, -0.1) is 0 Å². The lowest BCUT2D eigenvalue weighted by Crippen LogP contribution is -2.55. The van der Waals surface area contributed by atoms with Crippen molar-refractivity contribution in [2.75, 3.05) is 25.0 Å². The smallest absolute Gasteiger partial charge is 0.320 e. The zero-order chi connectivity index (χ0) is 21.7. The highest BCUT2D eigenvalue weighted by atomic mass is 35.5. The molecule has 5 rings (SSSR count). The van der Waals surface area contributed by atoms with Crippen molar-refractivity contribution in [3.05, 3.63) is 64.1 Å². The Balaban J connectivity index is 1.27. The molecule has 7 nitrogen and oxygen atoms in total. The minimum absolute atomic E-state index is 0.111. The summed E-state index contributed by atoms with van der Waals surface area (Å²) in [5, 5.41) is 3.34. The van der Waals surface area contributed by atoms with Gasteiger partial charge in [0.15, 0.2) is 0 Å². The third-order valence-electron chi connectivity index (χ3n) is 6.15. The molecular formula is C22H20Cl2N4O3. The highest BCUT2D eigenvalue weighted by Crippen LogP contribution is 2.46. The van der Waals surface area contributed by atoms with Gasteiger partial charge in [0.05, 0.1) is 22.3 Å². The Hall–Kier alpha value is -2.77. The van der Waals surface area contributed by atoms with Crippen molar-refractivity contribution in [3.8, 4) is 0 Å². The first-order valence-corrected chi connectivity index (χ1v) is 10.9. The van der Waals surface area contributed by atoms with Crippen LogP contribution >= 0.6 is 23.2 Å². The van der Waals surface area contributed by atoms with E-state index in [1.54, 1.807) is 23.1 Å². The van der Waals surface area contributed by atoms with Gasteiger partial charge in [0.25, 0.3) is 5.91 Å². The molecule has 0 aromatic heterocycles. The van der Waals surface area contributed by atoms with Crippen LogP contribution in [0.5, 0.6) is 0 Å². The van der Waals surface area contributed by atoms with Crippen LogP contribution in [-0.2, 0) is 4.79 Å². The van der Waals surface area contributed by atoms with Crippen molar-refractivity contribution < 1.29 is 14.4 Å². The molecule has 2 aliphatic heterocycles. The SMILES string of the molecule is O=C(Nc1cccc(Cl)c1Cl)N1CCN2C(=O)N([C@@H]3C[C@H]3c3ccccc3)C(=O)[C@H]2C1. The molecule has 0 unspecified atom stereocenters. The molecule has 5 amide bonds. The number of nitrogens with zero attached hydrogens (tertiary/aromatic N) is 3. The molecule has 2 saturated heterocycles. The molecule has 0 bridgehead atoms. The van der Waals surface area contributed by atoms with E-state index in [9.17, 15) is 14.4 Å². The maximum Gasteiger partial charge on any atom is 0.327 e. The standard InChI is InChI=1S/C22H20Cl2N4O3/c23-15-7-4-8-16(19(15)24)25-21(30)26-9-10-27-18(12-26)20(29)28(22(27)31)17-11-14(17)13-5-2-1-3-6-13/h1-8,14,17-18H,9-12H2,(H,25,30)/t14-,17+,18+/m0/s1. The second kappa shape index (κ2) is 7.73. The van der Waals surface area contributed by atoms with E-state index in [-0.39, 0.29) is 41.5 Å². The lowest BCUT2D eigenvalue weighted by atomic mass is 10.1. The van der Waals surface area contributed by atoms with Crippen molar-refractivity contribution in [1.29, 1.82) is 0 Å². The summed E-state index contributed by atoms with van der Waals surface area (Å²) in [6, 6.07) is 13.5. The molecule has 3 fully saturated rings. The minimum Gasteiger partial charge on any atom is -0.320 e. The van der Waals surface area contributed by atoms with Gasteiger partial charge in [-0.25, -0.2) is 9.59 Å². The van der Waals surface area contributed by atoms with Crippen LogP contribution < -0.4 is 5.32 Å². The molecule has 3 atom stereocenters. The van der Waals surface area contributed by atoms with Crippen LogP contribution in [-0.4, -0.2) is 64.4 Å². The highest BCUT2D eigenvalue weighted by Gasteiger charge is 2.56. The largest absolute Gasteiger partial charge is 0.327 e. The summed E-state index contributed by atoms with van der Waals surface area (Å²) >= 11 is 12.2. The van der Waals surface area contributed by atoms with Gasteiger partial charge in [-0.3, -0.25) is 9.69 Å². The van der Waals surface area contributed by atoms with Crippen molar-refractivity contribution in [2.45, 2.75) is 24.4 Å². The molecule has 31 heavy (non-hydrogen) atoms. The number of carbonyl (C=O) groups excluding carboxylic acids is 3. The summed E-state index contributed by atoms with van der Waals surface area (Å²) in [4.78, 5) is 43.3. The normalized spacial score (nSPS) is 25.0. The van der Waals surface area contributed by atoms with Crippen molar-refractivity contribution in [1.82, 2.24) is 14.7 Å². The number of imide groups is 1. The third-order valence-corrected chi connectivity index (χ3v) is 6.97. The number of piperazine rings is 1. The first-order valence-electron chi connectivity index (χ1n) is 10.1. The van der Waals surface area contributed by atoms with Gasteiger partial charge < -0.3 is 15.1 Å². The summed E-state index contributed by atoms with van der Waals surface area (Å²) in [6.07, 6.45) is 0.777. The van der Waals surface area contributed by atoms with Crippen LogP contribution in [0.3, 0.4) is 0 Å². The van der Waals surface area contributed by atoms with Crippen LogP contribution in [0.2, 0.25) is 10.0 Å². The Morgan fingerprint density at radius 2 is 1.77 bits per heavy atom. The number of amides is 5. The second-order valence-electron chi connectivity index (χ2n) is 8.00. The number of carbonyl (C=O) groups is 3. The fourth-order valence-electron chi connectivity index (χ4n) is 4.43. The van der Waals surface area contributed by atoms with E-state index in [1.807, 2.05) is 30.3 Å². The molecule has 9 heteroatoms. The predicted octanol–water partition coefficient (Wildman–Crippen LogP) is 4.03. The fraction of sp³-hybridized carbons (Fsp3) is 0.318. The molecule has 1 aliphatic carbocycles. The number of rotatable bonds is 3. The van der Waals surface area contributed by atoms with Crippen LogP contribution in [0.4, 0.5) is 15.3 Å². The maximum atomic E-state index is 13.1. The molecule has 2 heterocycles. The lowest BCUT2D eigenvalue weighted by molar-refractivity contribution is -0.129. The molecule has 3 aliphatic rings. The molecule has 1 N–H and O–H groups in total. The van der Waals surface area contributed by atoms with E-state index in [4.69, 9.17) is 23.2 Å². The summed E-state index contributed by atoms with van der Waals surface area (Å²) in [5.74, 6) is -0.0495. The van der Waals surface area contributed by atoms with Gasteiger partial charge >= 0.3 is 12.1 Å². The first-order chi connectivity index (χ1) is 15.0. The Labute approximate surface area is 189 Å². The number of halogens is 2. The Morgan fingerprint density at radius 3 is 2.55 bits per heavy atom. The molecule has 2 aromatic carbocycles. The van der Waals surface area contributed by atoms with Crippen LogP contribution in [0, 0.1) is 0 Å². The number of hydrogen-bond donors (Lipinski definition) is 1. The summed E-state index contributed by atoms with van der Waals surface area (Å²) in [6.45, 7) is 0.791. The lowest BCUT2D eigenvalue weighted by Gasteiger charge is -2.35. The minimum atomic E-state index is -0.654. The van der Waals surface area contributed by atoms with E-state index in [2.05, 4.69) is 5.32 Å². The Bertz CT molecular complexity index is 1060. The number of hydrogen-bond acceptors (Lipinski definition) is 3.